The fourth-order valence-electron chi connectivity index (χ4n) is 10.8. The molecule has 3 amide bonds. The number of nitrogens with zero attached hydrogens (tertiary/aromatic N) is 4. The molecular weight excluding hydrogens is 715 g/mol. The molecule has 5 aliphatic heterocycles. The average Bonchev–Trinajstić information content (AvgIpc) is 3.56. The van der Waals surface area contributed by atoms with Crippen LogP contribution in [-0.4, -0.2) is 84.5 Å². The maximum atomic E-state index is 13.2. The van der Waals surface area contributed by atoms with Crippen LogP contribution >= 0.6 is 0 Å². The molecule has 5 heterocycles. The summed E-state index contributed by atoms with van der Waals surface area (Å²) in [6.07, 6.45) is 6.14. The summed E-state index contributed by atoms with van der Waals surface area (Å²) in [6.45, 7) is 8.06. The van der Waals surface area contributed by atoms with Gasteiger partial charge in [-0.3, -0.25) is 24.6 Å². The molecule has 0 radical (unpaired) electrons. The van der Waals surface area contributed by atoms with Gasteiger partial charge in [0.05, 0.1) is 6.61 Å². The van der Waals surface area contributed by atoms with E-state index in [0.29, 0.717) is 31.1 Å². The van der Waals surface area contributed by atoms with E-state index < -0.39 is 11.6 Å². The van der Waals surface area contributed by atoms with Gasteiger partial charge in [0.15, 0.2) is 0 Å². The Bertz CT molecular complexity index is 2210. The molecule has 3 saturated heterocycles. The van der Waals surface area contributed by atoms with Gasteiger partial charge < -0.3 is 24.5 Å². The third-order valence-electron chi connectivity index (χ3n) is 13.8. The maximum absolute atomic E-state index is 13.2. The molecule has 4 aromatic rings. The molecule has 57 heavy (non-hydrogen) atoms. The molecular formula is C47H51N5O5. The topological polar surface area (TPSA) is 106 Å². The molecule has 294 valence electrons. The van der Waals surface area contributed by atoms with Crippen LogP contribution in [0.1, 0.15) is 88.2 Å². The molecule has 10 heteroatoms. The highest BCUT2D eigenvalue weighted by atomic mass is 16.5. The number of carbonyl (C=O) groups excluding carboxylic acids is 3. The SMILES string of the molecule is O=C1CC[C@H](N2Cc3cc(N4CCN(CC5CCN(c6ccc([C@@H]7c8ccc(O)cc8CO[C@@]78CCCc7ccccc78)cc6)CC5)CC4)ccc3C2=O)C(=O)N1. The van der Waals surface area contributed by atoms with Crippen molar-refractivity contribution < 1.29 is 24.2 Å². The van der Waals surface area contributed by atoms with Gasteiger partial charge >= 0.3 is 0 Å². The number of hydrogen-bond donors (Lipinski definition) is 2. The largest absolute Gasteiger partial charge is 0.508 e. The van der Waals surface area contributed by atoms with Crippen molar-refractivity contribution in [3.05, 3.63) is 124 Å². The summed E-state index contributed by atoms with van der Waals surface area (Å²) in [6, 6.07) is 29.4. The molecule has 3 atom stereocenters. The minimum Gasteiger partial charge on any atom is -0.508 e. The Balaban J connectivity index is 0.753. The standard InChI is InChI=1S/C47H51N5O5/c53-38-12-14-39-35(27-38)30-57-47(19-3-5-32-4-1-2-6-41(32)47)44(39)33-7-9-36(10-8-33)50-20-17-31(18-21-50)28-49-22-24-51(25-23-49)37-11-13-40-34(26-37)29-52(46(40)56)42-15-16-43(54)48-45(42)55/h1-2,4,6-14,26-27,31,42,44,53H,3,5,15-25,28-30H2,(H,48,54,55)/t42-,44+,47+/m0/s1. The Morgan fingerprint density at radius 2 is 1.53 bits per heavy atom. The van der Waals surface area contributed by atoms with Gasteiger partial charge in [0, 0.05) is 81.6 Å². The minimum absolute atomic E-state index is 0.0470. The number of hydrogen-bond acceptors (Lipinski definition) is 8. The molecule has 4 aromatic carbocycles. The molecule has 0 bridgehead atoms. The van der Waals surface area contributed by atoms with Crippen molar-refractivity contribution in [3.8, 4) is 5.75 Å². The lowest BCUT2D eigenvalue weighted by Gasteiger charge is -2.48. The van der Waals surface area contributed by atoms with E-state index in [1.165, 1.54) is 40.8 Å². The second-order valence-electron chi connectivity index (χ2n) is 17.1. The zero-order valence-corrected chi connectivity index (χ0v) is 32.5. The van der Waals surface area contributed by atoms with Crippen LogP contribution in [-0.2, 0) is 39.5 Å². The number of phenolic OH excluding ortho intramolecular Hbond substituents is 1. The maximum Gasteiger partial charge on any atom is 0.255 e. The summed E-state index contributed by atoms with van der Waals surface area (Å²) in [5.41, 5.74) is 9.90. The van der Waals surface area contributed by atoms with Crippen LogP contribution in [0.15, 0.2) is 84.9 Å². The lowest BCUT2D eigenvalue weighted by molar-refractivity contribution is -0.136. The fourth-order valence-corrected chi connectivity index (χ4v) is 10.8. The first-order chi connectivity index (χ1) is 27.8. The zero-order valence-electron chi connectivity index (χ0n) is 32.5. The molecule has 1 spiro atoms. The minimum atomic E-state index is -0.590. The number of phenols is 1. The van der Waals surface area contributed by atoms with Gasteiger partial charge in [-0.1, -0.05) is 42.5 Å². The van der Waals surface area contributed by atoms with E-state index in [9.17, 15) is 19.5 Å². The number of amides is 3. The van der Waals surface area contributed by atoms with E-state index in [4.69, 9.17) is 4.74 Å². The normalized spacial score (nSPS) is 25.3. The Morgan fingerprint density at radius 3 is 2.33 bits per heavy atom. The van der Waals surface area contributed by atoms with E-state index in [-0.39, 0.29) is 35.8 Å². The predicted octanol–water partition coefficient (Wildman–Crippen LogP) is 6.09. The summed E-state index contributed by atoms with van der Waals surface area (Å²) < 4.78 is 6.92. The molecule has 10 rings (SSSR count). The number of piperidine rings is 2. The third-order valence-corrected chi connectivity index (χ3v) is 13.8. The van der Waals surface area contributed by atoms with E-state index in [2.05, 4.69) is 80.7 Å². The van der Waals surface area contributed by atoms with Crippen molar-refractivity contribution in [2.24, 2.45) is 5.92 Å². The first kappa shape index (κ1) is 36.2. The van der Waals surface area contributed by atoms with Crippen molar-refractivity contribution in [3.63, 3.8) is 0 Å². The van der Waals surface area contributed by atoms with Crippen molar-refractivity contribution >= 4 is 29.1 Å². The zero-order chi connectivity index (χ0) is 38.7. The van der Waals surface area contributed by atoms with Crippen LogP contribution in [0, 0.1) is 5.92 Å². The van der Waals surface area contributed by atoms with E-state index in [0.717, 1.165) is 81.9 Å². The van der Waals surface area contributed by atoms with Gasteiger partial charge in [-0.05, 0) is 120 Å². The number of aryl methyl sites for hydroxylation is 1. The average molecular weight is 766 g/mol. The summed E-state index contributed by atoms with van der Waals surface area (Å²) in [5.74, 6) is 0.245. The molecule has 3 fully saturated rings. The van der Waals surface area contributed by atoms with Crippen LogP contribution in [0.2, 0.25) is 0 Å². The van der Waals surface area contributed by atoms with Gasteiger partial charge in [-0.2, -0.15) is 0 Å². The number of aromatic hydroxyl groups is 1. The number of anilines is 2. The highest BCUT2D eigenvalue weighted by Gasteiger charge is 2.49. The van der Waals surface area contributed by atoms with E-state index in [1.807, 2.05) is 24.3 Å². The first-order valence-corrected chi connectivity index (χ1v) is 21.0. The van der Waals surface area contributed by atoms with Crippen molar-refractivity contribution in [2.45, 2.75) is 75.7 Å². The van der Waals surface area contributed by atoms with Crippen LogP contribution in [0.3, 0.4) is 0 Å². The number of carbonyl (C=O) groups is 3. The predicted molar refractivity (Wildman–Crippen MR) is 218 cm³/mol. The number of nitrogens with one attached hydrogen (secondary N) is 1. The second kappa shape index (κ2) is 14.6. The Hall–Kier alpha value is -5.19. The van der Waals surface area contributed by atoms with Gasteiger partial charge in [0.2, 0.25) is 11.8 Å². The van der Waals surface area contributed by atoms with Gasteiger partial charge in [-0.25, -0.2) is 0 Å². The monoisotopic (exact) mass is 765 g/mol. The Kier molecular flexibility index (Phi) is 9.29. The van der Waals surface area contributed by atoms with E-state index in [1.54, 1.807) is 4.90 Å². The number of benzene rings is 4. The quantitative estimate of drug-likeness (QED) is 0.228. The van der Waals surface area contributed by atoms with Gasteiger partial charge in [0.25, 0.3) is 5.91 Å². The number of fused-ring (bicyclic) bond motifs is 4. The molecule has 1 aliphatic carbocycles. The highest BCUT2D eigenvalue weighted by Crippen LogP contribution is 2.55. The second-order valence-corrected chi connectivity index (χ2v) is 17.1. The van der Waals surface area contributed by atoms with Gasteiger partial charge in [0.1, 0.15) is 17.4 Å². The summed E-state index contributed by atoms with van der Waals surface area (Å²) in [5, 5.41) is 12.7. The Morgan fingerprint density at radius 1 is 0.754 bits per heavy atom. The fraction of sp³-hybridized carbons (Fsp3) is 0.426. The lowest BCUT2D eigenvalue weighted by Crippen LogP contribution is -2.52. The van der Waals surface area contributed by atoms with Crippen LogP contribution in [0.25, 0.3) is 0 Å². The van der Waals surface area contributed by atoms with Crippen LogP contribution in [0.5, 0.6) is 5.75 Å². The smallest absolute Gasteiger partial charge is 0.255 e. The van der Waals surface area contributed by atoms with Crippen molar-refractivity contribution in [1.82, 2.24) is 15.1 Å². The number of ether oxygens (including phenoxy) is 1. The molecule has 0 saturated carbocycles. The van der Waals surface area contributed by atoms with E-state index >= 15 is 0 Å². The first-order valence-electron chi connectivity index (χ1n) is 21.0. The van der Waals surface area contributed by atoms with Crippen molar-refractivity contribution in [2.75, 3.05) is 55.6 Å². The number of piperazine rings is 1. The summed E-state index contributed by atoms with van der Waals surface area (Å²) in [7, 11) is 0. The lowest BCUT2D eigenvalue weighted by atomic mass is 9.65. The van der Waals surface area contributed by atoms with Crippen LogP contribution < -0.4 is 15.1 Å². The molecule has 6 aliphatic rings. The molecule has 10 nitrogen and oxygen atoms in total. The molecule has 2 N–H and O–H groups in total. The van der Waals surface area contributed by atoms with Gasteiger partial charge in [-0.15, -0.1) is 0 Å². The van der Waals surface area contributed by atoms with Crippen LogP contribution in [0.4, 0.5) is 11.4 Å². The Labute approximate surface area is 334 Å². The molecule has 0 aromatic heterocycles. The third kappa shape index (κ3) is 6.56. The van der Waals surface area contributed by atoms with Crippen molar-refractivity contribution in [1.29, 1.82) is 0 Å². The number of imide groups is 1. The highest BCUT2D eigenvalue weighted by molar-refractivity contribution is 6.05. The molecule has 0 unspecified atom stereocenters. The summed E-state index contributed by atoms with van der Waals surface area (Å²) >= 11 is 0. The number of rotatable bonds is 6. The summed E-state index contributed by atoms with van der Waals surface area (Å²) in [4.78, 5) is 46.5.